The van der Waals surface area contributed by atoms with Gasteiger partial charge in [0.25, 0.3) is 0 Å². The molecule has 1 amide bonds. The molecule has 2 fully saturated rings. The van der Waals surface area contributed by atoms with Gasteiger partial charge in [-0.15, -0.1) is 0 Å². The SMILES string of the molecule is CO[C@H]1C[C@@H](C(=O)N2CCN(c3cnccc3C)CC2)N(C)C1. The van der Waals surface area contributed by atoms with Crippen molar-refractivity contribution in [3.63, 3.8) is 0 Å². The van der Waals surface area contributed by atoms with Crippen LogP contribution in [0.25, 0.3) is 0 Å². The highest BCUT2D eigenvalue weighted by Crippen LogP contribution is 2.23. The summed E-state index contributed by atoms with van der Waals surface area (Å²) in [6.07, 6.45) is 4.71. The van der Waals surface area contributed by atoms with Crippen LogP contribution in [-0.2, 0) is 9.53 Å². The Morgan fingerprint density at radius 2 is 2.04 bits per heavy atom. The van der Waals surface area contributed by atoms with Gasteiger partial charge in [0.15, 0.2) is 0 Å². The Morgan fingerprint density at radius 3 is 2.65 bits per heavy atom. The monoisotopic (exact) mass is 318 g/mol. The Morgan fingerprint density at radius 1 is 1.30 bits per heavy atom. The summed E-state index contributed by atoms with van der Waals surface area (Å²) in [6, 6.07) is 2.00. The third-order valence-corrected chi connectivity index (χ3v) is 5.07. The first kappa shape index (κ1) is 16.2. The Balaban J connectivity index is 1.59. The average Bonchev–Trinajstić information content (AvgIpc) is 2.96. The molecule has 0 aliphatic carbocycles. The van der Waals surface area contributed by atoms with Crippen LogP contribution in [0.4, 0.5) is 5.69 Å². The van der Waals surface area contributed by atoms with E-state index >= 15 is 0 Å². The summed E-state index contributed by atoms with van der Waals surface area (Å²) >= 11 is 0. The number of pyridine rings is 1. The van der Waals surface area contributed by atoms with Crippen LogP contribution in [0, 0.1) is 6.92 Å². The minimum atomic E-state index is -0.0355. The summed E-state index contributed by atoms with van der Waals surface area (Å²) in [7, 11) is 3.73. The summed E-state index contributed by atoms with van der Waals surface area (Å²) < 4.78 is 5.41. The fourth-order valence-electron chi connectivity index (χ4n) is 3.58. The minimum absolute atomic E-state index is 0.0355. The number of carbonyl (C=O) groups excluding carboxylic acids is 1. The summed E-state index contributed by atoms with van der Waals surface area (Å²) in [5.74, 6) is 0.245. The number of hydrogen-bond acceptors (Lipinski definition) is 5. The van der Waals surface area contributed by atoms with Crippen molar-refractivity contribution in [3.8, 4) is 0 Å². The van der Waals surface area contributed by atoms with Gasteiger partial charge in [0.2, 0.25) is 5.91 Å². The molecule has 0 radical (unpaired) electrons. The van der Waals surface area contributed by atoms with Gasteiger partial charge in [-0.25, -0.2) is 0 Å². The Hall–Kier alpha value is -1.66. The quantitative estimate of drug-likeness (QED) is 0.823. The van der Waals surface area contributed by atoms with Gasteiger partial charge < -0.3 is 14.5 Å². The molecular formula is C17H26N4O2. The van der Waals surface area contributed by atoms with E-state index in [4.69, 9.17) is 4.74 Å². The molecule has 2 aliphatic rings. The molecular weight excluding hydrogens is 292 g/mol. The molecule has 0 spiro atoms. The number of likely N-dealkylation sites (N-methyl/N-ethyl adjacent to an activating group) is 1. The van der Waals surface area contributed by atoms with Crippen molar-refractivity contribution in [1.82, 2.24) is 14.8 Å². The summed E-state index contributed by atoms with van der Waals surface area (Å²) in [4.78, 5) is 23.4. The lowest BCUT2D eigenvalue weighted by atomic mass is 10.1. The Bertz CT molecular complexity index is 557. The highest BCUT2D eigenvalue weighted by atomic mass is 16.5. The van der Waals surface area contributed by atoms with Crippen molar-refractivity contribution >= 4 is 11.6 Å². The molecule has 23 heavy (non-hydrogen) atoms. The van der Waals surface area contributed by atoms with Crippen LogP contribution in [0.2, 0.25) is 0 Å². The van der Waals surface area contributed by atoms with Crippen LogP contribution in [-0.4, -0.2) is 79.7 Å². The van der Waals surface area contributed by atoms with Gasteiger partial charge in [0, 0.05) is 46.0 Å². The molecule has 2 saturated heterocycles. The van der Waals surface area contributed by atoms with Crippen molar-refractivity contribution in [1.29, 1.82) is 0 Å². The van der Waals surface area contributed by atoms with Gasteiger partial charge in [-0.1, -0.05) is 0 Å². The number of nitrogens with zero attached hydrogens (tertiary/aromatic N) is 4. The molecule has 6 nitrogen and oxygen atoms in total. The third-order valence-electron chi connectivity index (χ3n) is 5.07. The molecule has 0 N–H and O–H groups in total. The average molecular weight is 318 g/mol. The first-order valence-corrected chi connectivity index (χ1v) is 8.27. The second-order valence-electron chi connectivity index (χ2n) is 6.52. The number of ether oxygens (including phenoxy) is 1. The van der Waals surface area contributed by atoms with Crippen LogP contribution in [0.1, 0.15) is 12.0 Å². The number of anilines is 1. The molecule has 0 unspecified atom stereocenters. The third kappa shape index (κ3) is 3.33. The summed E-state index contributed by atoms with van der Waals surface area (Å²) in [6.45, 7) is 6.21. The lowest BCUT2D eigenvalue weighted by Crippen LogP contribution is -2.53. The molecule has 126 valence electrons. The van der Waals surface area contributed by atoms with E-state index in [2.05, 4.69) is 21.7 Å². The van der Waals surface area contributed by atoms with Gasteiger partial charge in [0.05, 0.1) is 24.0 Å². The Labute approximate surface area is 138 Å². The molecule has 0 bridgehead atoms. The van der Waals surface area contributed by atoms with Crippen LogP contribution < -0.4 is 4.90 Å². The van der Waals surface area contributed by atoms with E-state index in [0.717, 1.165) is 39.1 Å². The van der Waals surface area contributed by atoms with E-state index in [9.17, 15) is 4.79 Å². The van der Waals surface area contributed by atoms with Gasteiger partial charge in [0.1, 0.15) is 0 Å². The van der Waals surface area contributed by atoms with Crippen LogP contribution in [0.5, 0.6) is 0 Å². The fraction of sp³-hybridized carbons (Fsp3) is 0.647. The zero-order valence-electron chi connectivity index (χ0n) is 14.2. The predicted octanol–water partition coefficient (Wildman–Crippen LogP) is 0.758. The van der Waals surface area contributed by atoms with Gasteiger partial charge in [-0.3, -0.25) is 14.7 Å². The van der Waals surface area contributed by atoms with E-state index < -0.39 is 0 Å². The largest absolute Gasteiger partial charge is 0.380 e. The fourth-order valence-corrected chi connectivity index (χ4v) is 3.58. The number of aryl methyl sites for hydroxylation is 1. The highest BCUT2D eigenvalue weighted by molar-refractivity contribution is 5.82. The second kappa shape index (κ2) is 6.84. The minimum Gasteiger partial charge on any atom is -0.380 e. The molecule has 6 heteroatoms. The van der Waals surface area contributed by atoms with E-state index in [1.54, 1.807) is 7.11 Å². The molecule has 2 aliphatic heterocycles. The second-order valence-corrected chi connectivity index (χ2v) is 6.52. The number of likely N-dealkylation sites (tertiary alicyclic amines) is 1. The molecule has 1 aromatic heterocycles. The smallest absolute Gasteiger partial charge is 0.240 e. The maximum atomic E-state index is 12.8. The van der Waals surface area contributed by atoms with Crippen molar-refractivity contribution < 1.29 is 9.53 Å². The zero-order chi connectivity index (χ0) is 16.4. The lowest BCUT2D eigenvalue weighted by molar-refractivity contribution is -0.135. The number of carbonyl (C=O) groups is 1. The topological polar surface area (TPSA) is 48.9 Å². The van der Waals surface area contributed by atoms with Crippen molar-refractivity contribution in [2.45, 2.75) is 25.5 Å². The van der Waals surface area contributed by atoms with Crippen molar-refractivity contribution in [2.24, 2.45) is 0 Å². The number of aromatic nitrogens is 1. The van der Waals surface area contributed by atoms with E-state index in [-0.39, 0.29) is 18.1 Å². The number of methoxy groups -OCH3 is 1. The van der Waals surface area contributed by atoms with E-state index in [1.807, 2.05) is 30.4 Å². The first-order valence-electron chi connectivity index (χ1n) is 8.27. The summed E-state index contributed by atoms with van der Waals surface area (Å²) in [5.41, 5.74) is 2.41. The van der Waals surface area contributed by atoms with E-state index in [0.29, 0.717) is 0 Å². The van der Waals surface area contributed by atoms with Gasteiger partial charge >= 0.3 is 0 Å². The molecule has 1 aromatic rings. The first-order chi connectivity index (χ1) is 11.1. The number of amides is 1. The van der Waals surface area contributed by atoms with Crippen LogP contribution in [0.15, 0.2) is 18.5 Å². The van der Waals surface area contributed by atoms with Gasteiger partial charge in [-0.05, 0) is 32.0 Å². The number of rotatable bonds is 3. The molecule has 3 heterocycles. The number of hydrogen-bond donors (Lipinski definition) is 0. The lowest BCUT2D eigenvalue weighted by Gasteiger charge is -2.38. The standard InChI is InChI=1S/C17H26N4O2/c1-13-4-5-18-11-16(13)20-6-8-21(9-7-20)17(22)15-10-14(23-3)12-19(15)2/h4-5,11,14-15H,6-10,12H2,1-3H3/t14-,15-/m0/s1. The predicted molar refractivity (Wildman–Crippen MR) is 89.6 cm³/mol. The molecule has 0 saturated carbocycles. The normalized spacial score (nSPS) is 25.9. The maximum Gasteiger partial charge on any atom is 0.240 e. The van der Waals surface area contributed by atoms with Crippen LogP contribution in [0.3, 0.4) is 0 Å². The van der Waals surface area contributed by atoms with E-state index in [1.165, 1.54) is 11.3 Å². The van der Waals surface area contributed by atoms with Crippen molar-refractivity contribution in [2.75, 3.05) is 51.8 Å². The summed E-state index contributed by atoms with van der Waals surface area (Å²) in [5, 5.41) is 0. The zero-order valence-corrected chi connectivity index (χ0v) is 14.2. The number of piperazine rings is 1. The molecule has 3 rings (SSSR count). The molecule has 0 aromatic carbocycles. The Kier molecular flexibility index (Phi) is 4.82. The van der Waals surface area contributed by atoms with Gasteiger partial charge in [-0.2, -0.15) is 0 Å². The van der Waals surface area contributed by atoms with Crippen molar-refractivity contribution in [3.05, 3.63) is 24.0 Å². The van der Waals surface area contributed by atoms with Crippen LogP contribution >= 0.6 is 0 Å². The highest BCUT2D eigenvalue weighted by Gasteiger charge is 2.37. The molecule has 2 atom stereocenters. The maximum absolute atomic E-state index is 12.8.